The number of nitriles is 1. The van der Waals surface area contributed by atoms with Crippen molar-refractivity contribution in [2.45, 2.75) is 13.2 Å². The molecule has 0 aliphatic heterocycles. The third kappa shape index (κ3) is 7.76. The number of ether oxygens (including phenoxy) is 3. The molecular weight excluding hydrogens is 627 g/mol. The smallest absolute Gasteiger partial charge is 0.266 e. The minimum atomic E-state index is -0.527. The Kier molecular flexibility index (Phi) is 9.84. The van der Waals surface area contributed by atoms with E-state index in [1.54, 1.807) is 37.4 Å². The maximum atomic E-state index is 12.8. The Hall–Kier alpha value is -4.00. The number of carbonyl (C=O) groups is 1. The second-order valence-electron chi connectivity index (χ2n) is 8.34. The average molecular weight is 651 g/mol. The molecule has 6 nitrogen and oxygen atoms in total. The van der Waals surface area contributed by atoms with Crippen molar-refractivity contribution >= 4 is 51.9 Å². The zero-order valence-electron chi connectivity index (χ0n) is 21.0. The molecule has 4 rings (SSSR count). The summed E-state index contributed by atoms with van der Waals surface area (Å²) in [6.07, 6.45) is 1.52. The van der Waals surface area contributed by atoms with Gasteiger partial charge in [0.05, 0.1) is 10.7 Å². The first-order valence-electron chi connectivity index (χ1n) is 11.9. The van der Waals surface area contributed by atoms with E-state index < -0.39 is 5.91 Å². The van der Waals surface area contributed by atoms with Crippen molar-refractivity contribution in [3.8, 4) is 23.3 Å². The molecular formula is C31H24ClIN2O4. The van der Waals surface area contributed by atoms with Gasteiger partial charge in [0, 0.05) is 16.3 Å². The summed E-state index contributed by atoms with van der Waals surface area (Å²) in [4.78, 5) is 12.8. The van der Waals surface area contributed by atoms with Crippen LogP contribution in [-0.2, 0) is 18.0 Å². The summed E-state index contributed by atoms with van der Waals surface area (Å²) >= 11 is 8.32. The van der Waals surface area contributed by atoms with Gasteiger partial charge in [0.2, 0.25) is 0 Å². The van der Waals surface area contributed by atoms with Crippen molar-refractivity contribution in [2.75, 3.05) is 12.4 Å². The molecule has 1 amide bonds. The first-order chi connectivity index (χ1) is 19.0. The lowest BCUT2D eigenvalue weighted by atomic mass is 10.1. The lowest BCUT2D eigenvalue weighted by molar-refractivity contribution is -0.112. The van der Waals surface area contributed by atoms with Crippen LogP contribution >= 0.6 is 34.2 Å². The summed E-state index contributed by atoms with van der Waals surface area (Å²) in [7, 11) is 1.55. The highest BCUT2D eigenvalue weighted by Crippen LogP contribution is 2.35. The number of methoxy groups -OCH3 is 1. The van der Waals surface area contributed by atoms with Crippen LogP contribution in [0, 0.1) is 14.9 Å². The number of rotatable bonds is 10. The molecule has 0 saturated heterocycles. The van der Waals surface area contributed by atoms with E-state index >= 15 is 0 Å². The van der Waals surface area contributed by atoms with Crippen LogP contribution < -0.4 is 19.5 Å². The molecule has 0 aliphatic rings. The van der Waals surface area contributed by atoms with Gasteiger partial charge in [-0.3, -0.25) is 4.79 Å². The van der Waals surface area contributed by atoms with Crippen molar-refractivity contribution in [1.29, 1.82) is 5.26 Å². The molecule has 0 radical (unpaired) electrons. The van der Waals surface area contributed by atoms with Gasteiger partial charge in [-0.15, -0.1) is 0 Å². The summed E-state index contributed by atoms with van der Waals surface area (Å²) in [6, 6.07) is 29.7. The molecule has 0 atom stereocenters. The number of nitrogens with one attached hydrogen (secondary N) is 1. The summed E-state index contributed by atoms with van der Waals surface area (Å²) in [6.45, 7) is 0.711. The van der Waals surface area contributed by atoms with Crippen LogP contribution in [0.5, 0.6) is 17.2 Å². The third-order valence-electron chi connectivity index (χ3n) is 5.62. The Balaban J connectivity index is 1.42. The second kappa shape index (κ2) is 13.7. The fraction of sp³-hybridized carbons (Fsp3) is 0.0968. The molecule has 0 bridgehead atoms. The SMILES string of the molecule is COc1cc(/C=C(\C#N)C(=O)Nc2ccc(OCc3ccccc3Cl)cc2)cc(I)c1OCc1ccccc1. The second-order valence-corrected chi connectivity index (χ2v) is 9.91. The molecule has 0 fully saturated rings. The van der Waals surface area contributed by atoms with Crippen molar-refractivity contribution in [3.63, 3.8) is 0 Å². The molecule has 0 aliphatic carbocycles. The topological polar surface area (TPSA) is 80.6 Å². The van der Waals surface area contributed by atoms with Gasteiger partial charge in [-0.2, -0.15) is 5.26 Å². The Bertz CT molecular complexity index is 1520. The molecule has 0 heterocycles. The highest BCUT2D eigenvalue weighted by atomic mass is 127. The van der Waals surface area contributed by atoms with Crippen LogP contribution in [0.2, 0.25) is 5.02 Å². The van der Waals surface area contributed by atoms with E-state index in [-0.39, 0.29) is 5.57 Å². The molecule has 4 aromatic rings. The zero-order chi connectivity index (χ0) is 27.6. The summed E-state index contributed by atoms with van der Waals surface area (Å²) in [5.41, 5.74) is 3.02. The van der Waals surface area contributed by atoms with Crippen LogP contribution in [0.4, 0.5) is 5.69 Å². The van der Waals surface area contributed by atoms with Gasteiger partial charge < -0.3 is 19.5 Å². The van der Waals surface area contributed by atoms with Crippen molar-refractivity contribution < 1.29 is 19.0 Å². The third-order valence-corrected chi connectivity index (χ3v) is 6.79. The van der Waals surface area contributed by atoms with Crippen LogP contribution in [0.3, 0.4) is 0 Å². The monoisotopic (exact) mass is 650 g/mol. The van der Waals surface area contributed by atoms with Crippen molar-refractivity contribution in [1.82, 2.24) is 0 Å². The van der Waals surface area contributed by atoms with Crippen LogP contribution in [0.25, 0.3) is 6.08 Å². The van der Waals surface area contributed by atoms with Gasteiger partial charge in [-0.1, -0.05) is 60.1 Å². The Morgan fingerprint density at radius 2 is 1.69 bits per heavy atom. The number of hydrogen-bond donors (Lipinski definition) is 1. The lowest BCUT2D eigenvalue weighted by Gasteiger charge is -2.14. The van der Waals surface area contributed by atoms with Crippen LogP contribution in [0.15, 0.2) is 96.6 Å². The quantitative estimate of drug-likeness (QED) is 0.108. The van der Waals surface area contributed by atoms with E-state index in [9.17, 15) is 10.1 Å². The number of benzene rings is 4. The highest BCUT2D eigenvalue weighted by molar-refractivity contribution is 14.1. The standard InChI is InChI=1S/C31H24ClIN2O4/c1-37-29-17-22(16-28(33)30(29)39-19-21-7-3-2-4-8-21)15-24(18-34)31(36)35-25-11-13-26(14-12-25)38-20-23-9-5-6-10-27(23)32/h2-17H,19-20H2,1H3,(H,35,36)/b24-15+. The normalized spacial score (nSPS) is 10.9. The summed E-state index contributed by atoms with van der Waals surface area (Å²) in [5.74, 6) is 1.20. The zero-order valence-corrected chi connectivity index (χ0v) is 23.9. The number of carbonyl (C=O) groups excluding carboxylic acids is 1. The van der Waals surface area contributed by atoms with Gasteiger partial charge in [0.25, 0.3) is 5.91 Å². The minimum Gasteiger partial charge on any atom is -0.493 e. The fourth-order valence-electron chi connectivity index (χ4n) is 3.62. The number of halogens is 2. The predicted molar refractivity (Wildman–Crippen MR) is 161 cm³/mol. The number of anilines is 1. The molecule has 8 heteroatoms. The Morgan fingerprint density at radius 1 is 0.974 bits per heavy atom. The molecule has 196 valence electrons. The minimum absolute atomic E-state index is 0.0511. The van der Waals surface area contributed by atoms with E-state index in [1.807, 2.05) is 66.7 Å². The summed E-state index contributed by atoms with van der Waals surface area (Å²) < 4.78 is 18.1. The Labute approximate surface area is 245 Å². The van der Waals surface area contributed by atoms with Crippen LogP contribution in [-0.4, -0.2) is 13.0 Å². The first-order valence-corrected chi connectivity index (χ1v) is 13.4. The molecule has 39 heavy (non-hydrogen) atoms. The predicted octanol–water partition coefficient (Wildman–Crippen LogP) is 7.66. The molecule has 0 aromatic heterocycles. The maximum Gasteiger partial charge on any atom is 0.266 e. The van der Waals surface area contributed by atoms with E-state index in [2.05, 4.69) is 27.9 Å². The van der Waals surface area contributed by atoms with Crippen molar-refractivity contribution in [2.24, 2.45) is 0 Å². The average Bonchev–Trinajstić information content (AvgIpc) is 2.96. The van der Waals surface area contributed by atoms with Gasteiger partial charge in [0.15, 0.2) is 11.5 Å². The summed E-state index contributed by atoms with van der Waals surface area (Å²) in [5, 5.41) is 13.1. The number of amides is 1. The van der Waals surface area contributed by atoms with E-state index in [1.165, 1.54) is 6.08 Å². The Morgan fingerprint density at radius 3 is 2.38 bits per heavy atom. The molecule has 4 aromatic carbocycles. The first kappa shape index (κ1) is 28.0. The largest absolute Gasteiger partial charge is 0.493 e. The van der Waals surface area contributed by atoms with Gasteiger partial charge >= 0.3 is 0 Å². The number of nitrogens with zero attached hydrogens (tertiary/aromatic N) is 1. The van der Waals surface area contributed by atoms with E-state index in [4.69, 9.17) is 25.8 Å². The van der Waals surface area contributed by atoms with E-state index in [0.717, 1.165) is 14.7 Å². The van der Waals surface area contributed by atoms with Crippen LogP contribution in [0.1, 0.15) is 16.7 Å². The number of hydrogen-bond acceptors (Lipinski definition) is 5. The lowest BCUT2D eigenvalue weighted by Crippen LogP contribution is -2.13. The molecule has 0 unspecified atom stereocenters. The molecule has 0 saturated carbocycles. The van der Waals surface area contributed by atoms with Gasteiger partial charge in [-0.25, -0.2) is 0 Å². The van der Waals surface area contributed by atoms with E-state index in [0.29, 0.717) is 46.7 Å². The van der Waals surface area contributed by atoms with Crippen molar-refractivity contribution in [3.05, 3.63) is 122 Å². The maximum absolute atomic E-state index is 12.8. The van der Waals surface area contributed by atoms with Gasteiger partial charge in [0.1, 0.15) is 30.6 Å². The highest BCUT2D eigenvalue weighted by Gasteiger charge is 2.14. The fourth-order valence-corrected chi connectivity index (χ4v) is 4.59. The van der Waals surface area contributed by atoms with Gasteiger partial charge in [-0.05, 0) is 82.3 Å². The molecule has 1 N–H and O–H groups in total. The molecule has 0 spiro atoms.